The van der Waals surface area contributed by atoms with Crippen LogP contribution < -0.4 is 0 Å². The van der Waals surface area contributed by atoms with Crippen LogP contribution in [0.5, 0.6) is 0 Å². The molecule has 0 aromatic carbocycles. The van der Waals surface area contributed by atoms with Crippen molar-refractivity contribution in [1.29, 1.82) is 0 Å². The van der Waals surface area contributed by atoms with E-state index in [2.05, 4.69) is 111 Å². The fourth-order valence-corrected chi connectivity index (χ4v) is 20.9. The second kappa shape index (κ2) is 42.0. The van der Waals surface area contributed by atoms with E-state index in [1.165, 1.54) is 30.7 Å². The van der Waals surface area contributed by atoms with Gasteiger partial charge in [-0.2, -0.15) is 0 Å². The summed E-state index contributed by atoms with van der Waals surface area (Å²) in [4.78, 5) is 80.7. The van der Waals surface area contributed by atoms with Gasteiger partial charge >= 0.3 is 0 Å². The highest BCUT2D eigenvalue weighted by atomic mass is 19.3. The fraction of sp³-hybridized carbons (Fsp3) is 0.548. The molecule has 0 saturated heterocycles. The SMILES string of the molecule is C.CO[C@@H]1[C@H](O)[C@@H](CO)C[C@H]1c1c[nH]c2c(C)ncnc12.Cc1ncnc2c([C@@H]3C[C@H](CO)C[C@H]3O)c[nH]c12.Cc1ncnc2c([C@@H]3C[C@H](CO)[C@@H](O)C3(F)F)c[nH]c12.Cc1ncnc2c([C@@H]3C[C@H](CO)[C@@H](O)C3)c[nH]c12.Cc1ncnc2c([C@@H]3C[C@H](CO)[C@@H](O)[C@@H]3F)c[nH]c12.Cc1ncnc2c([C@@H]3C[C@H](CO)[C@@H](O)[C@H]3F)c[nH]c12.Cc1ncnc2c([C@H]3CC[C@@H](CO)C3)c[nH]c12. The Labute approximate surface area is 757 Å². The Morgan fingerprint density at radius 2 is 0.636 bits per heavy atom. The summed E-state index contributed by atoms with van der Waals surface area (Å²) in [7, 11) is 1.59. The van der Waals surface area contributed by atoms with Gasteiger partial charge in [-0.15, -0.1) is 0 Å². The summed E-state index contributed by atoms with van der Waals surface area (Å²) in [5, 5.41) is 124. The van der Waals surface area contributed by atoms with E-state index < -0.39 is 97.0 Å². The first-order chi connectivity index (χ1) is 63.1. The van der Waals surface area contributed by atoms with Gasteiger partial charge < -0.3 is 106 Å². The van der Waals surface area contributed by atoms with E-state index in [-0.39, 0.29) is 88.5 Å². The Hall–Kier alpha value is -10.5. The van der Waals surface area contributed by atoms with Crippen LogP contribution in [0, 0.1) is 89.9 Å². The predicted molar refractivity (Wildman–Crippen MR) is 483 cm³/mol. The number of hydrogen-bond donors (Lipinski definition) is 20. The van der Waals surface area contributed by atoms with Gasteiger partial charge in [-0.3, -0.25) is 0 Å². The average Bonchev–Trinajstić information content (AvgIpc) is 1.60. The normalized spacial score (nSPS) is 28.8. The number of ether oxygens (including phenoxy) is 1. The number of nitrogens with zero attached hydrogens (tertiary/aromatic N) is 14. The Bertz CT molecular complexity index is 6080. The van der Waals surface area contributed by atoms with Gasteiger partial charge in [0.15, 0.2) is 0 Å². The highest BCUT2D eigenvalue weighted by Gasteiger charge is 2.58. The van der Waals surface area contributed by atoms with Gasteiger partial charge in [0.2, 0.25) is 0 Å². The van der Waals surface area contributed by atoms with E-state index in [9.17, 15) is 68.6 Å². The maximum Gasteiger partial charge on any atom is 0.280 e. The van der Waals surface area contributed by atoms with Gasteiger partial charge in [-0.05, 0) is 154 Å². The lowest BCUT2D eigenvalue weighted by molar-refractivity contribution is -0.112. The van der Waals surface area contributed by atoms with Gasteiger partial charge in [-0.25, -0.2) is 87.3 Å². The molecule has 132 heavy (non-hydrogen) atoms. The Balaban J connectivity index is 0.000000124. The van der Waals surface area contributed by atoms with Gasteiger partial charge in [0.05, 0.1) is 160 Å². The molecule has 7 saturated carbocycles. The van der Waals surface area contributed by atoms with Crippen LogP contribution in [0.4, 0.5) is 17.6 Å². The minimum absolute atomic E-state index is 0. The highest BCUT2D eigenvalue weighted by molar-refractivity contribution is 5.86. The molecule has 20 N–H and O–H groups in total. The summed E-state index contributed by atoms with van der Waals surface area (Å²) >= 11 is 0. The molecule has 7 aliphatic carbocycles. The van der Waals surface area contributed by atoms with Crippen molar-refractivity contribution in [1.82, 2.24) is 105 Å². The van der Waals surface area contributed by atoms with Crippen molar-refractivity contribution in [3.05, 3.63) is 166 Å². The zero-order chi connectivity index (χ0) is 93.1. The standard InChI is InChI=1S/C14H19N3O3.C13H15F2N3O2.2C13H16FN3O2.2C13H17N3O2.C13H17N3O.CH4/c1-7-11-12(17-6-16-7)10(4-15-11)9-3-8(5-18)13(19)14(9)20-2;1-6-10-11(18-5-17-6)8(3-16-10)9-2-7(4-19)12(20)13(9,14)15;2*1-6-11-12(17-5-16-6)9(3-15-11)8-2-7(4-18)13(19)10(8)14;1-7-12-13(16-6-15-7)10(4-14-12)8-2-9(5-17)11(18)3-8;1-7-12-13(16-6-15-7)10(4-14-12)9-2-8(5-17)3-11(9)18;1-8-12-13(16-7-15-8)11(5-14-12)10-3-2-9(4-10)6-17;/h4,6,8-9,13-15,18-19H,3,5H2,1-2H3;3,5,7,9,12,16,19-20H,2,4H2,1H3;2*3,5,7-8,10,13,15,18-19H,2,4H2,1H3;2*4,6,8-9,11,14,17-18H,2-3,5H2,1H3;5,7,9-10,14,17H,2-4,6H2,1H3;1H4/t8-,9+,13-,14+;7-,9+,12-;7-,8+,10+,13-;7-,8+,10-,13-;2*8-,9-,11+;9-,10+;/m1111101./s1. The van der Waals surface area contributed by atoms with Gasteiger partial charge in [0, 0.05) is 178 Å². The van der Waals surface area contributed by atoms with Gasteiger partial charge in [0.1, 0.15) is 62.7 Å². The third-order valence-corrected chi connectivity index (χ3v) is 28.5. The third-order valence-electron chi connectivity index (χ3n) is 28.5. The minimum Gasteiger partial charge on any atom is -0.396 e. The predicted octanol–water partition coefficient (Wildman–Crippen LogP) is 9.22. The Morgan fingerprint density at radius 1 is 0.318 bits per heavy atom. The van der Waals surface area contributed by atoms with Crippen LogP contribution in [0.3, 0.4) is 0 Å². The number of aromatic nitrogens is 21. The minimum atomic E-state index is -3.28. The van der Waals surface area contributed by atoms with E-state index >= 15 is 0 Å². The summed E-state index contributed by atoms with van der Waals surface area (Å²) in [5.41, 5.74) is 24.1. The summed E-state index contributed by atoms with van der Waals surface area (Å²) in [6.07, 6.45) is 22.7. The average molecular weight is 1830 g/mol. The van der Waals surface area contributed by atoms with Crippen LogP contribution in [0.1, 0.15) is 198 Å². The molecule has 0 radical (unpaired) electrons. The molecule has 0 unspecified atom stereocenters. The van der Waals surface area contributed by atoms with Crippen molar-refractivity contribution in [3.8, 4) is 0 Å². The first-order valence-electron chi connectivity index (χ1n) is 44.6. The summed E-state index contributed by atoms with van der Waals surface area (Å²) in [5.74, 6) is -5.56. The zero-order valence-electron chi connectivity index (χ0n) is 74.1. The molecule has 35 nitrogen and oxygen atoms in total. The maximum absolute atomic E-state index is 14.2. The number of aliphatic hydroxyl groups is 13. The molecule has 14 aromatic rings. The van der Waals surface area contributed by atoms with Crippen LogP contribution in [0.15, 0.2) is 87.7 Å². The van der Waals surface area contributed by atoms with E-state index in [4.69, 9.17) is 20.1 Å². The molecule has 39 heteroatoms. The molecular formula is C93H121F4N21O14. The molecule has 0 amide bonds. The lowest BCUT2D eigenvalue weighted by atomic mass is 9.95. The zero-order valence-corrected chi connectivity index (χ0v) is 74.1. The van der Waals surface area contributed by atoms with Crippen molar-refractivity contribution < 1.29 is 88.7 Å². The van der Waals surface area contributed by atoms with Crippen molar-refractivity contribution >= 4 is 77.2 Å². The first-order valence-corrected chi connectivity index (χ1v) is 44.6. The Kier molecular flexibility index (Phi) is 31.0. The number of methoxy groups -OCH3 is 1. The second-order valence-electron chi connectivity index (χ2n) is 36.2. The van der Waals surface area contributed by atoms with Crippen LogP contribution in [0.25, 0.3) is 77.2 Å². The van der Waals surface area contributed by atoms with Crippen molar-refractivity contribution in [2.24, 2.45) is 41.4 Å². The summed E-state index contributed by atoms with van der Waals surface area (Å²) < 4.78 is 62.3. The molecule has 14 heterocycles. The number of aliphatic hydroxyl groups excluding tert-OH is 13. The van der Waals surface area contributed by atoms with Crippen LogP contribution in [-0.2, 0) is 4.74 Å². The number of rotatable bonds is 15. The number of aromatic amines is 7. The Morgan fingerprint density at radius 3 is 0.962 bits per heavy atom. The van der Waals surface area contributed by atoms with Crippen LogP contribution >= 0.6 is 0 Å². The number of fused-ring (bicyclic) bond motifs is 7. The number of hydrogen-bond acceptors (Lipinski definition) is 28. The third kappa shape index (κ3) is 19.2. The molecule has 14 aromatic heterocycles. The monoisotopic (exact) mass is 1830 g/mol. The molecule has 710 valence electrons. The smallest absolute Gasteiger partial charge is 0.280 e. The molecule has 7 aliphatic rings. The quantitative estimate of drug-likeness (QED) is 0.0425. The van der Waals surface area contributed by atoms with Gasteiger partial charge in [-0.1, -0.05) is 7.43 Å². The largest absolute Gasteiger partial charge is 0.396 e. The topological polar surface area (TPSA) is 563 Å². The first kappa shape index (κ1) is 97.5. The molecule has 23 atom stereocenters. The fourth-order valence-electron chi connectivity index (χ4n) is 20.9. The van der Waals surface area contributed by atoms with Crippen molar-refractivity contribution in [2.75, 3.05) is 53.4 Å². The molecule has 0 spiro atoms. The lowest BCUT2D eigenvalue weighted by Crippen LogP contribution is -2.35. The number of nitrogens with one attached hydrogen (secondary N) is 7. The molecule has 7 fully saturated rings. The van der Waals surface area contributed by atoms with Crippen molar-refractivity contribution in [2.45, 2.75) is 229 Å². The number of halogens is 4. The molecule has 0 bridgehead atoms. The summed E-state index contributed by atoms with van der Waals surface area (Å²) in [6, 6.07) is 0. The van der Waals surface area contributed by atoms with Crippen molar-refractivity contribution in [3.63, 3.8) is 0 Å². The highest BCUT2D eigenvalue weighted by Crippen LogP contribution is 2.53. The molecular weight excluding hydrogens is 1710 g/mol. The van der Waals surface area contributed by atoms with Crippen LogP contribution in [0.2, 0.25) is 0 Å². The van der Waals surface area contributed by atoms with Crippen LogP contribution in [-0.4, -0.2) is 285 Å². The number of aryl methyl sites for hydroxylation is 7. The van der Waals surface area contributed by atoms with E-state index in [0.717, 1.165) is 149 Å². The van der Waals surface area contributed by atoms with E-state index in [1.807, 2.05) is 60.1 Å². The molecule has 0 aliphatic heterocycles. The maximum atomic E-state index is 14.2. The van der Waals surface area contributed by atoms with E-state index in [0.29, 0.717) is 83.9 Å². The molecule has 21 rings (SSSR count). The second-order valence-corrected chi connectivity index (χ2v) is 36.2. The number of alkyl halides is 4. The summed E-state index contributed by atoms with van der Waals surface area (Å²) in [6.45, 7) is 12.9. The number of H-pyrrole nitrogens is 7. The lowest BCUT2D eigenvalue weighted by Gasteiger charge is -2.21. The van der Waals surface area contributed by atoms with E-state index in [1.54, 1.807) is 51.7 Å². The van der Waals surface area contributed by atoms with Gasteiger partial charge in [0.25, 0.3) is 5.92 Å².